The molecule has 2 atom stereocenters. The summed E-state index contributed by atoms with van der Waals surface area (Å²) in [5.74, 6) is 0.0303. The van der Waals surface area contributed by atoms with E-state index < -0.39 is 11.9 Å². The minimum atomic E-state index is -0.469. The molecule has 2 aliphatic rings. The fourth-order valence-electron chi connectivity index (χ4n) is 5.08. The number of methoxy groups -OCH3 is 2. The molecule has 1 fully saturated rings. The van der Waals surface area contributed by atoms with Gasteiger partial charge in [0.05, 0.1) is 20.3 Å². The first-order valence-corrected chi connectivity index (χ1v) is 13.9. The quantitative estimate of drug-likeness (QED) is 0.402. The number of nitrogens with one attached hydrogen (secondary N) is 2. The van der Waals surface area contributed by atoms with E-state index in [0.717, 1.165) is 18.5 Å². The van der Waals surface area contributed by atoms with Crippen molar-refractivity contribution in [2.24, 2.45) is 0 Å². The molecule has 222 valence electrons. The zero-order valence-corrected chi connectivity index (χ0v) is 23.6. The van der Waals surface area contributed by atoms with Gasteiger partial charge in [-0.05, 0) is 67.6 Å². The zero-order valence-electron chi connectivity index (χ0n) is 23.6. The lowest BCUT2D eigenvalue weighted by atomic mass is 10.0. The lowest BCUT2D eigenvalue weighted by Gasteiger charge is -2.39. The Labute approximate surface area is 239 Å². The summed E-state index contributed by atoms with van der Waals surface area (Å²) in [6.45, 7) is 1.90. The Morgan fingerprint density at radius 3 is 2.73 bits per heavy atom. The summed E-state index contributed by atoms with van der Waals surface area (Å²) in [5.41, 5.74) is 1.44. The number of esters is 1. The highest BCUT2D eigenvalue weighted by Crippen LogP contribution is 2.29. The number of unbranched alkanes of at least 4 members (excludes halogenated alkanes) is 1. The van der Waals surface area contributed by atoms with E-state index in [1.54, 1.807) is 18.2 Å². The Morgan fingerprint density at radius 2 is 1.93 bits per heavy atom. The van der Waals surface area contributed by atoms with Gasteiger partial charge >= 0.3 is 5.97 Å². The van der Waals surface area contributed by atoms with Crippen LogP contribution in [0.1, 0.15) is 43.2 Å². The highest BCUT2D eigenvalue weighted by Gasteiger charge is 2.32. The first kappa shape index (κ1) is 30.1. The third-order valence-electron chi connectivity index (χ3n) is 7.25. The largest absolute Gasteiger partial charge is 0.493 e. The second kappa shape index (κ2) is 14.7. The molecule has 0 spiro atoms. The number of piperidine rings is 1. The van der Waals surface area contributed by atoms with Gasteiger partial charge in [-0.2, -0.15) is 0 Å². The second-order valence-electron chi connectivity index (χ2n) is 10.3. The van der Waals surface area contributed by atoms with Crippen LogP contribution in [0, 0.1) is 5.82 Å². The van der Waals surface area contributed by atoms with Gasteiger partial charge in [0.15, 0.2) is 18.1 Å². The van der Waals surface area contributed by atoms with E-state index in [-0.39, 0.29) is 43.4 Å². The van der Waals surface area contributed by atoms with Gasteiger partial charge in [-0.25, -0.2) is 4.39 Å². The molecular weight excluding hydrogens is 533 g/mol. The number of amides is 2. The highest BCUT2D eigenvalue weighted by atomic mass is 19.1. The molecule has 0 unspecified atom stereocenters. The Balaban J connectivity index is 1.52. The van der Waals surface area contributed by atoms with Crippen LogP contribution in [0.25, 0.3) is 0 Å². The van der Waals surface area contributed by atoms with E-state index in [1.807, 2.05) is 6.07 Å². The first-order chi connectivity index (χ1) is 19.8. The lowest BCUT2D eigenvalue weighted by molar-refractivity contribution is -0.140. The molecule has 0 aromatic heterocycles. The van der Waals surface area contributed by atoms with Gasteiger partial charge in [-0.15, -0.1) is 0 Å². The predicted octanol–water partition coefficient (Wildman–Crippen LogP) is 2.76. The topological polar surface area (TPSA) is 115 Å². The van der Waals surface area contributed by atoms with Crippen molar-refractivity contribution in [2.75, 3.05) is 40.5 Å². The van der Waals surface area contributed by atoms with Crippen LogP contribution in [0.2, 0.25) is 0 Å². The maximum Gasteiger partial charge on any atom is 0.305 e. The molecule has 4 rings (SSSR count). The minimum absolute atomic E-state index is 0.161. The molecule has 2 aromatic rings. The maximum absolute atomic E-state index is 14.5. The number of hydrogen-bond donors (Lipinski definition) is 2. The van der Waals surface area contributed by atoms with E-state index in [4.69, 9.17) is 18.9 Å². The summed E-state index contributed by atoms with van der Waals surface area (Å²) in [4.78, 5) is 39.2. The van der Waals surface area contributed by atoms with Crippen molar-refractivity contribution in [3.63, 3.8) is 0 Å². The number of aryl methyl sites for hydroxylation is 1. The number of benzene rings is 2. The van der Waals surface area contributed by atoms with Crippen LogP contribution in [-0.2, 0) is 32.1 Å². The normalized spacial score (nSPS) is 20.2. The van der Waals surface area contributed by atoms with E-state index in [2.05, 4.69) is 15.5 Å². The molecule has 2 amide bonds. The Bertz CT molecular complexity index is 1220. The van der Waals surface area contributed by atoms with Crippen LogP contribution in [0.4, 0.5) is 4.39 Å². The molecule has 0 radical (unpaired) electrons. The van der Waals surface area contributed by atoms with Gasteiger partial charge < -0.3 is 34.5 Å². The lowest BCUT2D eigenvalue weighted by Crippen LogP contribution is -2.57. The van der Waals surface area contributed by atoms with Crippen LogP contribution < -0.4 is 24.8 Å². The van der Waals surface area contributed by atoms with E-state index in [9.17, 15) is 18.8 Å². The van der Waals surface area contributed by atoms with E-state index >= 15 is 0 Å². The van der Waals surface area contributed by atoms with Crippen molar-refractivity contribution in [3.8, 4) is 17.2 Å². The molecule has 10 nitrogen and oxygen atoms in total. The molecule has 2 aliphatic heterocycles. The van der Waals surface area contributed by atoms with E-state index in [0.29, 0.717) is 61.6 Å². The van der Waals surface area contributed by atoms with Crippen LogP contribution in [0.3, 0.4) is 0 Å². The van der Waals surface area contributed by atoms with Crippen LogP contribution in [0.5, 0.6) is 17.2 Å². The SMILES string of the molecule is COC(=O)CCCCN1CC[C@H]2Oc3cc(F)cc(c3)CNC(=O)CCc3ccc(OC)c(c3)OCC(=O)N[C@@H]2C1. The summed E-state index contributed by atoms with van der Waals surface area (Å²) in [6, 6.07) is 9.36. The number of likely N-dealkylation sites (tertiary alicyclic amines) is 1. The average molecular weight is 572 g/mol. The van der Waals surface area contributed by atoms with Crippen molar-refractivity contribution in [1.29, 1.82) is 0 Å². The van der Waals surface area contributed by atoms with Gasteiger partial charge in [0, 0.05) is 38.5 Å². The Morgan fingerprint density at radius 1 is 1.07 bits per heavy atom. The van der Waals surface area contributed by atoms with Crippen molar-refractivity contribution >= 4 is 17.8 Å². The van der Waals surface area contributed by atoms with E-state index in [1.165, 1.54) is 26.4 Å². The fourth-order valence-corrected chi connectivity index (χ4v) is 5.08. The first-order valence-electron chi connectivity index (χ1n) is 13.9. The monoisotopic (exact) mass is 571 g/mol. The number of rotatable bonds is 6. The maximum atomic E-state index is 14.5. The number of fused-ring (bicyclic) bond motifs is 5. The summed E-state index contributed by atoms with van der Waals surface area (Å²) < 4.78 is 36.7. The number of ether oxygens (including phenoxy) is 4. The molecule has 0 aliphatic carbocycles. The highest BCUT2D eigenvalue weighted by molar-refractivity contribution is 5.78. The number of nitrogens with zero attached hydrogens (tertiary/aromatic N) is 1. The van der Waals surface area contributed by atoms with Gasteiger partial charge in [0.1, 0.15) is 17.7 Å². The molecule has 1 saturated heterocycles. The molecule has 41 heavy (non-hydrogen) atoms. The van der Waals surface area contributed by atoms with Crippen LogP contribution in [-0.4, -0.2) is 75.3 Å². The zero-order chi connectivity index (χ0) is 29.2. The van der Waals surface area contributed by atoms with Crippen LogP contribution in [0.15, 0.2) is 36.4 Å². The van der Waals surface area contributed by atoms with Crippen molar-refractivity contribution in [3.05, 3.63) is 53.3 Å². The number of carbonyl (C=O) groups excluding carboxylic acids is 3. The smallest absolute Gasteiger partial charge is 0.305 e. The number of halogens is 1. The third-order valence-corrected chi connectivity index (χ3v) is 7.25. The van der Waals surface area contributed by atoms with Gasteiger partial charge in [-0.1, -0.05) is 6.07 Å². The summed E-state index contributed by atoms with van der Waals surface area (Å²) >= 11 is 0. The van der Waals surface area contributed by atoms with Crippen molar-refractivity contribution in [1.82, 2.24) is 15.5 Å². The predicted molar refractivity (Wildman–Crippen MR) is 148 cm³/mol. The van der Waals surface area contributed by atoms with Crippen molar-refractivity contribution < 1.29 is 37.7 Å². The van der Waals surface area contributed by atoms with Gasteiger partial charge in [0.2, 0.25) is 5.91 Å². The molecular formula is C30H38FN3O7. The molecule has 2 N–H and O–H groups in total. The fraction of sp³-hybridized carbons (Fsp3) is 0.500. The molecule has 2 heterocycles. The Kier molecular flexibility index (Phi) is 10.8. The molecule has 0 saturated carbocycles. The Hall–Kier alpha value is -3.86. The third kappa shape index (κ3) is 9.07. The standard InChI is InChI=1S/C30H38FN3O7/c1-38-26-8-6-20-7-9-28(35)32-17-21-13-22(31)16-23(14-21)41-25-10-12-34(11-4-3-5-30(37)39-2)18-24(25)33-29(36)19-40-27(26)15-20/h6,8,13-16,24-25H,3-5,7,9-12,17-19H2,1-2H3,(H,32,35)(H,33,36)/t24-,25-/m1/s1. The number of carbonyl (C=O) groups is 3. The molecule has 2 aromatic carbocycles. The number of hydrogen-bond acceptors (Lipinski definition) is 8. The van der Waals surface area contributed by atoms with Crippen molar-refractivity contribution in [2.45, 2.75) is 57.2 Å². The van der Waals surface area contributed by atoms with Gasteiger partial charge in [-0.3, -0.25) is 14.4 Å². The summed E-state index contributed by atoms with van der Waals surface area (Å²) in [7, 11) is 2.90. The molecule has 11 heteroatoms. The summed E-state index contributed by atoms with van der Waals surface area (Å²) in [6.07, 6.45) is 2.74. The second-order valence-corrected chi connectivity index (χ2v) is 10.3. The minimum Gasteiger partial charge on any atom is -0.493 e. The average Bonchev–Trinajstić information content (AvgIpc) is 2.96. The van der Waals surface area contributed by atoms with Gasteiger partial charge in [0.25, 0.3) is 5.91 Å². The molecule has 4 bridgehead atoms. The summed E-state index contributed by atoms with van der Waals surface area (Å²) in [5, 5.41) is 5.89. The van der Waals surface area contributed by atoms with Crippen LogP contribution >= 0.6 is 0 Å².